The van der Waals surface area contributed by atoms with Crippen LogP contribution in [0.1, 0.15) is 34.7 Å². The van der Waals surface area contributed by atoms with E-state index in [1.54, 1.807) is 12.3 Å². The minimum atomic E-state index is -0.133. The first-order chi connectivity index (χ1) is 12.0. The average Bonchev–Trinajstić information content (AvgIpc) is 2.95. The van der Waals surface area contributed by atoms with Crippen LogP contribution in [0.25, 0.3) is 11.2 Å². The molecule has 25 heavy (non-hydrogen) atoms. The van der Waals surface area contributed by atoms with Crippen molar-refractivity contribution in [2.75, 3.05) is 14.1 Å². The lowest BCUT2D eigenvalue weighted by Gasteiger charge is -2.31. The van der Waals surface area contributed by atoms with E-state index >= 15 is 0 Å². The Morgan fingerprint density at radius 2 is 1.92 bits per heavy atom. The van der Waals surface area contributed by atoms with Gasteiger partial charge in [0.2, 0.25) is 0 Å². The van der Waals surface area contributed by atoms with Gasteiger partial charge in [0.05, 0.1) is 17.1 Å². The molecule has 130 valence electrons. The maximum atomic E-state index is 12.8. The van der Waals surface area contributed by atoms with Crippen molar-refractivity contribution in [3.8, 4) is 0 Å². The number of aromatic nitrogens is 3. The van der Waals surface area contributed by atoms with E-state index in [2.05, 4.69) is 37.3 Å². The van der Waals surface area contributed by atoms with Gasteiger partial charge in [-0.1, -0.05) is 30.3 Å². The molecular formula is C19H23N5O. The number of carbonyl (C=O) groups excluding carboxylic acids is 1. The summed E-state index contributed by atoms with van der Waals surface area (Å²) in [6.45, 7) is 3.87. The maximum absolute atomic E-state index is 12.8. The Morgan fingerprint density at radius 1 is 1.20 bits per heavy atom. The van der Waals surface area contributed by atoms with Gasteiger partial charge in [-0.15, -0.1) is 0 Å². The number of aryl methyl sites for hydroxylation is 1. The first-order valence-electron chi connectivity index (χ1n) is 8.31. The van der Waals surface area contributed by atoms with E-state index in [0.29, 0.717) is 16.7 Å². The van der Waals surface area contributed by atoms with Crippen LogP contribution in [0, 0.1) is 6.92 Å². The van der Waals surface area contributed by atoms with Gasteiger partial charge in [0.15, 0.2) is 5.65 Å². The molecule has 6 nitrogen and oxygen atoms in total. The second kappa shape index (κ2) is 7.03. The van der Waals surface area contributed by atoms with Crippen molar-refractivity contribution < 1.29 is 4.79 Å². The molecule has 0 radical (unpaired) electrons. The highest BCUT2D eigenvalue weighted by Gasteiger charge is 2.24. The second-order valence-corrected chi connectivity index (χ2v) is 6.46. The number of nitrogens with one attached hydrogen (secondary N) is 2. The number of fused-ring (bicyclic) bond motifs is 1. The highest BCUT2D eigenvalue weighted by atomic mass is 16.1. The summed E-state index contributed by atoms with van der Waals surface area (Å²) in [5.41, 5.74) is 2.96. The van der Waals surface area contributed by atoms with Crippen molar-refractivity contribution in [3.05, 3.63) is 59.5 Å². The SMILES string of the molecule is Cc1nc2nccc(C(=O)N[C@H](C)[C@H](c3ccccc3)N(C)C)c2[nH]1. The summed E-state index contributed by atoms with van der Waals surface area (Å²) in [6.07, 6.45) is 1.61. The fraction of sp³-hybridized carbons (Fsp3) is 0.316. The number of H-pyrrole nitrogens is 1. The Kier molecular flexibility index (Phi) is 4.81. The van der Waals surface area contributed by atoms with Crippen LogP contribution in [0.15, 0.2) is 42.6 Å². The largest absolute Gasteiger partial charge is 0.348 e. The van der Waals surface area contributed by atoms with Crippen molar-refractivity contribution in [1.82, 2.24) is 25.2 Å². The maximum Gasteiger partial charge on any atom is 0.253 e. The molecule has 0 saturated heterocycles. The van der Waals surface area contributed by atoms with Crippen molar-refractivity contribution >= 4 is 17.1 Å². The van der Waals surface area contributed by atoms with Gasteiger partial charge >= 0.3 is 0 Å². The number of rotatable bonds is 5. The summed E-state index contributed by atoms with van der Waals surface area (Å²) in [4.78, 5) is 26.6. The number of aromatic amines is 1. The normalized spacial score (nSPS) is 13.8. The fourth-order valence-corrected chi connectivity index (χ4v) is 3.26. The summed E-state index contributed by atoms with van der Waals surface area (Å²) >= 11 is 0. The Balaban J connectivity index is 1.85. The summed E-state index contributed by atoms with van der Waals surface area (Å²) < 4.78 is 0. The highest BCUT2D eigenvalue weighted by Crippen LogP contribution is 2.22. The quantitative estimate of drug-likeness (QED) is 0.751. The lowest BCUT2D eigenvalue weighted by molar-refractivity contribution is 0.0917. The minimum Gasteiger partial charge on any atom is -0.348 e. The second-order valence-electron chi connectivity index (χ2n) is 6.46. The van der Waals surface area contributed by atoms with Crippen LogP contribution in [0.3, 0.4) is 0 Å². The van der Waals surface area contributed by atoms with Gasteiger partial charge < -0.3 is 15.2 Å². The van der Waals surface area contributed by atoms with Gasteiger partial charge in [-0.3, -0.25) is 4.79 Å². The van der Waals surface area contributed by atoms with Crippen molar-refractivity contribution in [1.29, 1.82) is 0 Å². The lowest BCUT2D eigenvalue weighted by Crippen LogP contribution is -2.42. The van der Waals surface area contributed by atoms with Crippen LogP contribution in [0.2, 0.25) is 0 Å². The van der Waals surface area contributed by atoms with E-state index < -0.39 is 0 Å². The topological polar surface area (TPSA) is 73.9 Å². The zero-order valence-electron chi connectivity index (χ0n) is 14.9. The number of hydrogen-bond donors (Lipinski definition) is 2. The van der Waals surface area contributed by atoms with Gasteiger partial charge in [-0.05, 0) is 39.6 Å². The lowest BCUT2D eigenvalue weighted by atomic mass is 9.99. The van der Waals surface area contributed by atoms with E-state index in [0.717, 1.165) is 11.4 Å². The predicted molar refractivity (Wildman–Crippen MR) is 98.4 cm³/mol. The molecule has 3 rings (SSSR count). The van der Waals surface area contributed by atoms with Gasteiger partial charge in [-0.2, -0.15) is 0 Å². The number of benzene rings is 1. The van der Waals surface area contributed by atoms with Gasteiger partial charge in [0.1, 0.15) is 5.82 Å². The molecule has 0 aliphatic carbocycles. The van der Waals surface area contributed by atoms with Gasteiger partial charge in [0.25, 0.3) is 5.91 Å². The molecule has 0 bridgehead atoms. The fourth-order valence-electron chi connectivity index (χ4n) is 3.26. The first kappa shape index (κ1) is 17.1. The third kappa shape index (κ3) is 3.53. The highest BCUT2D eigenvalue weighted by molar-refractivity contribution is 6.04. The molecule has 2 aromatic heterocycles. The molecule has 0 saturated carbocycles. The van der Waals surface area contributed by atoms with Crippen LogP contribution in [0.5, 0.6) is 0 Å². The van der Waals surface area contributed by atoms with Crippen LogP contribution < -0.4 is 5.32 Å². The molecule has 2 heterocycles. The number of hydrogen-bond acceptors (Lipinski definition) is 4. The summed E-state index contributed by atoms with van der Waals surface area (Å²) in [5.74, 6) is 0.609. The van der Waals surface area contributed by atoms with Gasteiger partial charge in [0, 0.05) is 12.2 Å². The molecule has 0 aliphatic heterocycles. The van der Waals surface area contributed by atoms with E-state index in [-0.39, 0.29) is 18.0 Å². The molecule has 1 amide bonds. The number of likely N-dealkylation sites (N-methyl/N-ethyl adjacent to an activating group) is 1. The smallest absolute Gasteiger partial charge is 0.253 e. The van der Waals surface area contributed by atoms with Gasteiger partial charge in [-0.25, -0.2) is 9.97 Å². The van der Waals surface area contributed by atoms with Crippen LogP contribution in [0.4, 0.5) is 0 Å². The third-order valence-corrected chi connectivity index (χ3v) is 4.28. The van der Waals surface area contributed by atoms with E-state index in [1.165, 1.54) is 0 Å². The zero-order valence-corrected chi connectivity index (χ0v) is 14.9. The van der Waals surface area contributed by atoms with E-state index in [1.807, 2.05) is 46.1 Å². The predicted octanol–water partition coefficient (Wildman–Crippen LogP) is 2.69. The molecular weight excluding hydrogens is 314 g/mol. The summed E-state index contributed by atoms with van der Waals surface area (Å²) in [5, 5.41) is 3.12. The summed E-state index contributed by atoms with van der Waals surface area (Å²) in [6, 6.07) is 11.9. The minimum absolute atomic E-state index is 0.0721. The monoisotopic (exact) mass is 337 g/mol. The molecule has 0 aliphatic rings. The Morgan fingerprint density at radius 3 is 2.60 bits per heavy atom. The molecule has 0 unspecified atom stereocenters. The first-order valence-corrected chi connectivity index (χ1v) is 8.31. The zero-order chi connectivity index (χ0) is 18.0. The molecule has 2 N–H and O–H groups in total. The molecule has 3 aromatic rings. The third-order valence-electron chi connectivity index (χ3n) is 4.28. The standard InChI is InChI=1S/C19H23N5O/c1-12(17(24(3)4)14-8-6-5-7-9-14)21-19(25)15-10-11-20-18-16(15)22-13(2)23-18/h5-12,17H,1-4H3,(H,21,25)(H,20,22,23)/t12-,17-/m1/s1. The number of nitrogens with zero attached hydrogens (tertiary/aromatic N) is 3. The van der Waals surface area contributed by atoms with E-state index in [9.17, 15) is 4.79 Å². The van der Waals surface area contributed by atoms with Crippen molar-refractivity contribution in [2.24, 2.45) is 0 Å². The van der Waals surface area contributed by atoms with Crippen LogP contribution >= 0.6 is 0 Å². The number of imidazole rings is 1. The number of carbonyl (C=O) groups is 1. The number of amides is 1. The number of pyridine rings is 1. The van der Waals surface area contributed by atoms with Crippen LogP contribution in [-0.4, -0.2) is 45.9 Å². The molecule has 1 aromatic carbocycles. The Hall–Kier alpha value is -2.73. The van der Waals surface area contributed by atoms with Crippen LogP contribution in [-0.2, 0) is 0 Å². The molecule has 6 heteroatoms. The van der Waals surface area contributed by atoms with E-state index in [4.69, 9.17) is 0 Å². The molecule has 2 atom stereocenters. The van der Waals surface area contributed by atoms with Crippen molar-refractivity contribution in [3.63, 3.8) is 0 Å². The van der Waals surface area contributed by atoms with Crippen molar-refractivity contribution in [2.45, 2.75) is 25.9 Å². The Labute approximate surface area is 147 Å². The average molecular weight is 337 g/mol. The molecule has 0 fully saturated rings. The summed E-state index contributed by atoms with van der Waals surface area (Å²) in [7, 11) is 4.03. The Bertz CT molecular complexity index is 872. The molecule has 0 spiro atoms.